The highest BCUT2D eigenvalue weighted by Gasteiger charge is 2.45. The summed E-state index contributed by atoms with van der Waals surface area (Å²) in [6.45, 7) is 7.44. The molecule has 1 aromatic heterocycles. The molecule has 3 aromatic rings. The molecule has 190 valence electrons. The van der Waals surface area contributed by atoms with Gasteiger partial charge in [-0.1, -0.05) is 48.0 Å². The first-order valence-electron chi connectivity index (χ1n) is 12.2. The number of anilines is 1. The van der Waals surface area contributed by atoms with E-state index in [9.17, 15) is 13.2 Å². The van der Waals surface area contributed by atoms with E-state index in [-0.39, 0.29) is 29.1 Å². The molecule has 2 aromatic carbocycles. The van der Waals surface area contributed by atoms with Crippen molar-refractivity contribution < 1.29 is 13.2 Å². The van der Waals surface area contributed by atoms with Crippen molar-refractivity contribution in [3.63, 3.8) is 0 Å². The van der Waals surface area contributed by atoms with Gasteiger partial charge in [0, 0.05) is 50.9 Å². The molecule has 2 unspecified atom stereocenters. The number of nitrogens with zero attached hydrogens (tertiary/aromatic N) is 3. The van der Waals surface area contributed by atoms with Crippen LogP contribution in [-0.4, -0.2) is 62.8 Å². The van der Waals surface area contributed by atoms with E-state index in [0.717, 1.165) is 30.0 Å². The molecule has 36 heavy (non-hydrogen) atoms. The van der Waals surface area contributed by atoms with Crippen LogP contribution in [0.2, 0.25) is 4.34 Å². The molecule has 0 N–H and O–H groups in total. The lowest BCUT2D eigenvalue weighted by Crippen LogP contribution is -2.51. The maximum absolute atomic E-state index is 13.8. The minimum absolute atomic E-state index is 0.0329. The van der Waals surface area contributed by atoms with Crippen LogP contribution >= 0.6 is 22.9 Å². The molecular weight excluding hydrogens is 514 g/mol. The molecule has 0 saturated carbocycles. The Labute approximate surface area is 222 Å². The normalized spacial score (nSPS) is 21.2. The highest BCUT2D eigenvalue weighted by atomic mass is 35.5. The number of halogens is 1. The average molecular weight is 544 g/mol. The van der Waals surface area contributed by atoms with Crippen LogP contribution < -0.4 is 4.90 Å². The van der Waals surface area contributed by atoms with Crippen molar-refractivity contribution >= 4 is 44.6 Å². The molecule has 2 aliphatic rings. The summed E-state index contributed by atoms with van der Waals surface area (Å²) < 4.78 is 28.8. The molecule has 9 heteroatoms. The first-order valence-corrected chi connectivity index (χ1v) is 14.8. The van der Waals surface area contributed by atoms with Crippen LogP contribution in [0.5, 0.6) is 0 Å². The van der Waals surface area contributed by atoms with Gasteiger partial charge in [0.25, 0.3) is 10.0 Å². The fraction of sp³-hybridized carbons (Fsp3) is 0.370. The Morgan fingerprint density at radius 2 is 1.64 bits per heavy atom. The number of piperazine rings is 1. The van der Waals surface area contributed by atoms with E-state index < -0.39 is 15.9 Å². The van der Waals surface area contributed by atoms with Gasteiger partial charge >= 0.3 is 0 Å². The Hall–Kier alpha value is -2.39. The zero-order valence-electron chi connectivity index (χ0n) is 20.4. The lowest BCUT2D eigenvalue weighted by Gasteiger charge is -2.38. The van der Waals surface area contributed by atoms with Gasteiger partial charge < -0.3 is 9.80 Å². The lowest BCUT2D eigenvalue weighted by atomic mass is 9.88. The van der Waals surface area contributed by atoms with E-state index in [2.05, 4.69) is 36.9 Å². The van der Waals surface area contributed by atoms with Crippen molar-refractivity contribution in [3.05, 3.63) is 81.7 Å². The van der Waals surface area contributed by atoms with E-state index in [4.69, 9.17) is 11.6 Å². The van der Waals surface area contributed by atoms with Gasteiger partial charge in [-0.3, -0.25) is 4.79 Å². The number of sulfonamides is 1. The van der Waals surface area contributed by atoms with Gasteiger partial charge in [0.2, 0.25) is 5.91 Å². The van der Waals surface area contributed by atoms with Crippen LogP contribution in [0.25, 0.3) is 0 Å². The fourth-order valence-electron chi connectivity index (χ4n) is 5.16. The molecule has 1 amide bonds. The number of hydrogen-bond donors (Lipinski definition) is 0. The quantitative estimate of drug-likeness (QED) is 0.465. The van der Waals surface area contributed by atoms with Crippen LogP contribution in [0.3, 0.4) is 0 Å². The predicted molar refractivity (Wildman–Crippen MR) is 145 cm³/mol. The predicted octanol–water partition coefficient (Wildman–Crippen LogP) is 4.77. The molecule has 0 spiro atoms. The Morgan fingerprint density at radius 1 is 0.917 bits per heavy atom. The number of thiophene rings is 1. The second-order valence-electron chi connectivity index (χ2n) is 9.59. The smallest absolute Gasteiger partial charge is 0.252 e. The van der Waals surface area contributed by atoms with E-state index in [0.29, 0.717) is 17.4 Å². The van der Waals surface area contributed by atoms with Crippen molar-refractivity contribution in [1.82, 2.24) is 9.21 Å². The number of rotatable bonds is 5. The number of benzene rings is 2. The Kier molecular flexibility index (Phi) is 7.14. The van der Waals surface area contributed by atoms with E-state index in [1.165, 1.54) is 21.1 Å². The third-order valence-electron chi connectivity index (χ3n) is 7.42. The van der Waals surface area contributed by atoms with Crippen LogP contribution in [0, 0.1) is 19.8 Å². The summed E-state index contributed by atoms with van der Waals surface area (Å²) in [6, 6.07) is 19.4. The molecule has 0 bridgehead atoms. The second kappa shape index (κ2) is 10.2. The first-order chi connectivity index (χ1) is 17.2. The maximum atomic E-state index is 13.8. The topological polar surface area (TPSA) is 60.9 Å². The maximum Gasteiger partial charge on any atom is 0.252 e. The zero-order valence-corrected chi connectivity index (χ0v) is 22.8. The summed E-state index contributed by atoms with van der Waals surface area (Å²) >= 11 is 7.07. The SMILES string of the molecule is Cc1ccc(N2CCN(C(=O)C3CN(S(=O)(=O)c4ccc(Cl)s4)CC3c3ccccc3)CC2)cc1C. The molecule has 2 atom stereocenters. The second-order valence-corrected chi connectivity index (χ2v) is 13.5. The molecule has 2 fully saturated rings. The van der Waals surface area contributed by atoms with Crippen LogP contribution in [0.15, 0.2) is 64.9 Å². The van der Waals surface area contributed by atoms with Gasteiger partial charge in [-0.05, 0) is 54.8 Å². The largest absolute Gasteiger partial charge is 0.368 e. The fourth-order valence-corrected chi connectivity index (χ4v) is 8.29. The van der Waals surface area contributed by atoms with Crippen LogP contribution in [0.1, 0.15) is 22.6 Å². The van der Waals surface area contributed by atoms with Gasteiger partial charge in [-0.25, -0.2) is 8.42 Å². The summed E-state index contributed by atoms with van der Waals surface area (Å²) in [4.78, 5) is 18.0. The number of hydrogen-bond acceptors (Lipinski definition) is 5. The van der Waals surface area contributed by atoms with Gasteiger partial charge in [-0.2, -0.15) is 4.31 Å². The molecule has 5 rings (SSSR count). The summed E-state index contributed by atoms with van der Waals surface area (Å²) in [5.41, 5.74) is 4.70. The van der Waals surface area contributed by atoms with Crippen LogP contribution in [-0.2, 0) is 14.8 Å². The van der Waals surface area contributed by atoms with Crippen molar-refractivity contribution in [3.8, 4) is 0 Å². The molecule has 2 aliphatic heterocycles. The molecule has 2 saturated heterocycles. The van der Waals surface area contributed by atoms with Crippen molar-refractivity contribution in [2.24, 2.45) is 5.92 Å². The standard InChI is InChI=1S/C27H30ClN3O3S2/c1-19-8-9-22(16-20(19)2)29-12-14-30(15-13-29)27(32)24-18-31(17-23(24)21-6-4-3-5-7-21)36(33,34)26-11-10-25(28)35-26/h3-11,16,23-24H,12-15,17-18H2,1-2H3. The number of carbonyl (C=O) groups is 1. The zero-order chi connectivity index (χ0) is 25.4. The molecule has 0 radical (unpaired) electrons. The lowest BCUT2D eigenvalue weighted by molar-refractivity contribution is -0.135. The Bertz CT molecular complexity index is 1350. The minimum Gasteiger partial charge on any atom is -0.368 e. The van der Waals surface area contributed by atoms with Crippen molar-refractivity contribution in [2.75, 3.05) is 44.2 Å². The van der Waals surface area contributed by atoms with Gasteiger partial charge in [-0.15, -0.1) is 11.3 Å². The highest BCUT2D eigenvalue weighted by Crippen LogP contribution is 2.38. The average Bonchev–Trinajstić information content (AvgIpc) is 3.54. The summed E-state index contributed by atoms with van der Waals surface area (Å²) in [7, 11) is -3.72. The Balaban J connectivity index is 1.34. The summed E-state index contributed by atoms with van der Waals surface area (Å²) in [6.07, 6.45) is 0. The number of amides is 1. The monoisotopic (exact) mass is 543 g/mol. The third-order valence-corrected chi connectivity index (χ3v) is 11.0. The van der Waals surface area contributed by atoms with Crippen LogP contribution in [0.4, 0.5) is 5.69 Å². The van der Waals surface area contributed by atoms with Gasteiger partial charge in [0.05, 0.1) is 10.3 Å². The van der Waals surface area contributed by atoms with Gasteiger partial charge in [0.15, 0.2) is 0 Å². The number of aryl methyl sites for hydroxylation is 2. The third kappa shape index (κ3) is 4.92. The summed E-state index contributed by atoms with van der Waals surface area (Å²) in [5, 5.41) is 0. The highest BCUT2D eigenvalue weighted by molar-refractivity contribution is 7.91. The van der Waals surface area contributed by atoms with E-state index in [1.54, 1.807) is 12.1 Å². The van der Waals surface area contributed by atoms with E-state index in [1.807, 2.05) is 35.2 Å². The van der Waals surface area contributed by atoms with Gasteiger partial charge in [0.1, 0.15) is 4.21 Å². The minimum atomic E-state index is -3.72. The molecule has 0 aliphatic carbocycles. The molecular formula is C27H30ClN3O3S2. The van der Waals surface area contributed by atoms with E-state index >= 15 is 0 Å². The summed E-state index contributed by atoms with van der Waals surface area (Å²) in [5.74, 6) is -0.585. The number of carbonyl (C=O) groups excluding carboxylic acids is 1. The first kappa shape index (κ1) is 25.3. The molecule has 6 nitrogen and oxygen atoms in total. The Morgan fingerprint density at radius 3 is 2.28 bits per heavy atom. The van der Waals surface area contributed by atoms with Crippen molar-refractivity contribution in [2.45, 2.75) is 24.0 Å². The molecule has 3 heterocycles. The van der Waals surface area contributed by atoms with Crippen molar-refractivity contribution in [1.29, 1.82) is 0 Å².